The predicted molar refractivity (Wildman–Crippen MR) is 353 cm³/mol. The van der Waals surface area contributed by atoms with Gasteiger partial charge in [-0.2, -0.15) is 0 Å². The lowest BCUT2D eigenvalue weighted by atomic mass is 9.92. The van der Waals surface area contributed by atoms with E-state index in [1.807, 2.05) is 24.3 Å². The fourth-order valence-corrected chi connectivity index (χ4v) is 12.4. The number of halogens is 2. The molecule has 0 bridgehead atoms. The van der Waals surface area contributed by atoms with Crippen molar-refractivity contribution in [2.24, 2.45) is 0 Å². The van der Waals surface area contributed by atoms with Crippen LogP contribution in [0.4, 0.5) is 34.1 Å². The van der Waals surface area contributed by atoms with Crippen molar-refractivity contribution in [2.75, 3.05) is 9.80 Å². The molecule has 0 atom stereocenters. The molecule has 13 aromatic carbocycles. The van der Waals surface area contributed by atoms with Crippen molar-refractivity contribution < 1.29 is 0 Å². The van der Waals surface area contributed by atoms with Gasteiger partial charge in [0.15, 0.2) is 0 Å². The fourth-order valence-electron chi connectivity index (χ4n) is 12.0. The van der Waals surface area contributed by atoms with Gasteiger partial charge in [0.1, 0.15) is 0 Å². The highest BCUT2D eigenvalue weighted by Gasteiger charge is 2.28. The maximum Gasteiger partial charge on any atom is 0.0619 e. The summed E-state index contributed by atoms with van der Waals surface area (Å²) in [7, 11) is 0. The van der Waals surface area contributed by atoms with E-state index < -0.39 is 0 Å². The quantitative estimate of drug-likeness (QED) is 0.114. The zero-order valence-electron chi connectivity index (χ0n) is 45.2. The summed E-state index contributed by atoms with van der Waals surface area (Å²) < 4.78 is 2.43. The smallest absolute Gasteiger partial charge is 0.0619 e. The zero-order chi connectivity index (χ0) is 55.6. The first-order valence-electron chi connectivity index (χ1n) is 27.9. The van der Waals surface area contributed by atoms with Crippen molar-refractivity contribution in [3.63, 3.8) is 0 Å². The van der Waals surface area contributed by atoms with Crippen molar-refractivity contribution in [1.82, 2.24) is 4.57 Å². The molecule has 1 heterocycles. The largest absolute Gasteiger partial charge is 0.309 e. The minimum atomic E-state index is 0.625. The van der Waals surface area contributed by atoms with E-state index in [9.17, 15) is 0 Å². The second-order valence-electron chi connectivity index (χ2n) is 20.7. The van der Waals surface area contributed by atoms with E-state index in [0.717, 1.165) is 128 Å². The van der Waals surface area contributed by atoms with Crippen LogP contribution in [0.25, 0.3) is 94.3 Å². The molecule has 0 unspecified atom stereocenters. The van der Waals surface area contributed by atoms with Gasteiger partial charge in [0, 0.05) is 77.1 Å². The van der Waals surface area contributed by atoms with E-state index in [0.29, 0.717) is 10.0 Å². The molecule has 0 radical (unpaired) electrons. The molecule has 0 N–H and O–H groups in total. The van der Waals surface area contributed by atoms with Gasteiger partial charge < -0.3 is 14.4 Å². The second-order valence-corrected chi connectivity index (χ2v) is 21.6. The van der Waals surface area contributed by atoms with Crippen molar-refractivity contribution in [1.29, 1.82) is 0 Å². The van der Waals surface area contributed by atoms with Gasteiger partial charge in [-0.15, -0.1) is 0 Å². The zero-order valence-corrected chi connectivity index (χ0v) is 46.7. The molecule has 0 aliphatic heterocycles. The third-order valence-corrected chi connectivity index (χ3v) is 16.1. The summed E-state index contributed by atoms with van der Waals surface area (Å²) in [5, 5.41) is 3.56. The summed E-state index contributed by atoms with van der Waals surface area (Å²) >= 11 is 14.4. The number of nitrogens with zero attached hydrogens (tertiary/aromatic N) is 3. The van der Waals surface area contributed by atoms with E-state index in [1.54, 1.807) is 0 Å². The Hall–Kier alpha value is -10.2. The average molecular weight is 1100 g/mol. The highest BCUT2D eigenvalue weighted by Crippen LogP contribution is 2.53. The Balaban J connectivity index is 1.15. The van der Waals surface area contributed by atoms with Crippen LogP contribution in [0.5, 0.6) is 0 Å². The number of fused-ring (bicyclic) bond motifs is 3. The lowest BCUT2D eigenvalue weighted by molar-refractivity contribution is 1.18. The number of aromatic nitrogens is 1. The van der Waals surface area contributed by atoms with Crippen LogP contribution in [0.15, 0.2) is 322 Å². The molecule has 5 heteroatoms. The van der Waals surface area contributed by atoms with E-state index in [2.05, 4.69) is 312 Å². The molecule has 0 saturated heterocycles. The summed E-state index contributed by atoms with van der Waals surface area (Å²) in [6.45, 7) is 0. The SMILES string of the molecule is Clc1cccc(N(c2cc(-c3cc(-c4ccccc4)c4c(c3)c3ccccc3n4-c3ccccc3)cc(N(c3cccc(Cl)c3)c3c(-c4ccccc4)cccc3-c3ccccc3)c2)c2c(-c3ccccc3)cccc2-c2ccccc2)c1. The normalized spacial score (nSPS) is 11.3. The van der Waals surface area contributed by atoms with Crippen LogP contribution < -0.4 is 9.80 Å². The number of hydrogen-bond acceptors (Lipinski definition) is 2. The highest BCUT2D eigenvalue weighted by molar-refractivity contribution is 6.31. The first kappa shape index (κ1) is 51.0. The molecular formula is C78H53Cl2N3. The third kappa shape index (κ3) is 9.83. The maximum absolute atomic E-state index is 7.19. The minimum absolute atomic E-state index is 0.625. The predicted octanol–water partition coefficient (Wildman–Crippen LogP) is 23.0. The van der Waals surface area contributed by atoms with Crippen LogP contribution in [0, 0.1) is 0 Å². The Labute approximate surface area is 494 Å². The van der Waals surface area contributed by atoms with Gasteiger partial charge in [0.25, 0.3) is 0 Å². The van der Waals surface area contributed by atoms with Gasteiger partial charge in [-0.05, 0) is 124 Å². The van der Waals surface area contributed by atoms with Crippen LogP contribution in [0.3, 0.4) is 0 Å². The van der Waals surface area contributed by atoms with Gasteiger partial charge in [0.2, 0.25) is 0 Å². The Kier molecular flexibility index (Phi) is 13.8. The van der Waals surface area contributed by atoms with Gasteiger partial charge in [-0.25, -0.2) is 0 Å². The number of para-hydroxylation sites is 4. The van der Waals surface area contributed by atoms with Gasteiger partial charge in [0.05, 0.1) is 22.4 Å². The van der Waals surface area contributed by atoms with Crippen molar-refractivity contribution >= 4 is 79.1 Å². The van der Waals surface area contributed by atoms with Crippen LogP contribution in [0.2, 0.25) is 10.0 Å². The molecule has 0 amide bonds. The number of anilines is 6. The van der Waals surface area contributed by atoms with E-state index in [1.165, 1.54) is 0 Å². The fraction of sp³-hybridized carbons (Fsp3) is 0. The molecule has 0 saturated carbocycles. The van der Waals surface area contributed by atoms with E-state index in [-0.39, 0.29) is 0 Å². The molecule has 83 heavy (non-hydrogen) atoms. The molecule has 0 fully saturated rings. The Morgan fingerprint density at radius 2 is 0.602 bits per heavy atom. The topological polar surface area (TPSA) is 11.4 Å². The van der Waals surface area contributed by atoms with Crippen molar-refractivity contribution in [3.05, 3.63) is 332 Å². The number of rotatable bonds is 13. The van der Waals surface area contributed by atoms with Gasteiger partial charge >= 0.3 is 0 Å². The summed E-state index contributed by atoms with van der Waals surface area (Å²) in [6, 6.07) is 115. The molecule has 0 spiro atoms. The van der Waals surface area contributed by atoms with Gasteiger partial charge in [-0.3, -0.25) is 0 Å². The first-order chi connectivity index (χ1) is 41.0. The summed E-state index contributed by atoms with van der Waals surface area (Å²) in [5.74, 6) is 0. The Bertz CT molecular complexity index is 4310. The average Bonchev–Trinajstić information content (AvgIpc) is 3.33. The van der Waals surface area contributed by atoms with E-state index in [4.69, 9.17) is 23.2 Å². The van der Waals surface area contributed by atoms with Crippen LogP contribution in [-0.2, 0) is 0 Å². The first-order valence-corrected chi connectivity index (χ1v) is 28.7. The number of benzene rings is 13. The molecule has 1 aromatic heterocycles. The third-order valence-electron chi connectivity index (χ3n) is 15.6. The van der Waals surface area contributed by atoms with Crippen LogP contribution in [0.1, 0.15) is 0 Å². The van der Waals surface area contributed by atoms with Gasteiger partial charge in [-0.1, -0.05) is 260 Å². The molecular weight excluding hydrogens is 1050 g/mol. The van der Waals surface area contributed by atoms with Crippen molar-refractivity contribution in [2.45, 2.75) is 0 Å². The van der Waals surface area contributed by atoms with Crippen LogP contribution >= 0.6 is 23.2 Å². The second kappa shape index (κ2) is 22.4. The lowest BCUT2D eigenvalue weighted by Gasteiger charge is -2.34. The van der Waals surface area contributed by atoms with Crippen molar-refractivity contribution in [3.8, 4) is 72.4 Å². The molecule has 3 nitrogen and oxygen atoms in total. The standard InChI is InChI=1S/C78H53Cl2N3/c79-61-35-21-39-64(51-61)81(76-68(54-25-7-1-8-26-54)42-23-43-69(76)55-27-9-2-10-28-55)66-47-59(60-49-73(58-33-15-5-16-34-58)78-74(50-60)72-41-19-20-46-75(72)83(78)63-37-17-6-18-38-63)48-67(53-66)82(65-40-22-36-62(80)52-65)77-70(56-29-11-3-12-30-56)44-24-45-71(77)57-31-13-4-14-32-57/h1-53H. The minimum Gasteiger partial charge on any atom is -0.309 e. The molecule has 0 aliphatic rings. The molecule has 14 rings (SSSR count). The summed E-state index contributed by atoms with van der Waals surface area (Å²) in [4.78, 5) is 4.83. The molecule has 0 aliphatic carbocycles. The Morgan fingerprint density at radius 3 is 1.02 bits per heavy atom. The monoisotopic (exact) mass is 1100 g/mol. The highest BCUT2D eigenvalue weighted by atomic mass is 35.5. The lowest BCUT2D eigenvalue weighted by Crippen LogP contribution is -2.16. The summed E-state index contributed by atoms with van der Waals surface area (Å²) in [5.41, 5.74) is 21.9. The van der Waals surface area contributed by atoms with Crippen LogP contribution in [-0.4, -0.2) is 4.57 Å². The Morgan fingerprint density at radius 1 is 0.241 bits per heavy atom. The summed E-state index contributed by atoms with van der Waals surface area (Å²) in [6.07, 6.45) is 0. The number of hydrogen-bond donors (Lipinski definition) is 0. The maximum atomic E-state index is 7.19. The van der Waals surface area contributed by atoms with E-state index >= 15 is 0 Å². The molecule has 394 valence electrons. The molecule has 14 aromatic rings.